The molecule has 5 nitrogen and oxygen atoms in total. The molecular weight excluding hydrogens is 298 g/mol. The number of rotatable bonds is 6. The van der Waals surface area contributed by atoms with Gasteiger partial charge in [-0.2, -0.15) is 0 Å². The highest BCUT2D eigenvalue weighted by atomic mass is 35.5. The van der Waals surface area contributed by atoms with Crippen LogP contribution in [0.25, 0.3) is 0 Å². The van der Waals surface area contributed by atoms with E-state index >= 15 is 0 Å². The van der Waals surface area contributed by atoms with E-state index in [0.29, 0.717) is 22.7 Å². The highest BCUT2D eigenvalue weighted by Gasteiger charge is 2.07. The Bertz CT molecular complexity index is 589. The third kappa shape index (κ3) is 4.86. The summed E-state index contributed by atoms with van der Waals surface area (Å²) in [5.74, 6) is 0.693. The summed E-state index contributed by atoms with van der Waals surface area (Å²) in [5.41, 5.74) is 1.10. The molecule has 20 heavy (non-hydrogen) atoms. The van der Waals surface area contributed by atoms with Crippen molar-refractivity contribution in [1.29, 1.82) is 0 Å². The largest absolute Gasteiger partial charge is 0.416 e. The standard InChI is InChI=1S/C13H14ClN3O2S/c1-9-16-17-13(19-9)20-8-12(18)15-6-5-10-3-2-4-11(14)7-10/h2-4,7H,5-6,8H2,1H3,(H,15,18). The zero-order valence-electron chi connectivity index (χ0n) is 10.9. The Hall–Kier alpha value is -1.53. The summed E-state index contributed by atoms with van der Waals surface area (Å²) in [6, 6.07) is 7.59. The Morgan fingerprint density at radius 3 is 3.00 bits per heavy atom. The van der Waals surface area contributed by atoms with Gasteiger partial charge in [0.25, 0.3) is 5.22 Å². The molecular formula is C13H14ClN3O2S. The number of hydrogen-bond donors (Lipinski definition) is 1. The fourth-order valence-corrected chi connectivity index (χ4v) is 2.40. The minimum Gasteiger partial charge on any atom is -0.416 e. The van der Waals surface area contributed by atoms with Gasteiger partial charge in [0, 0.05) is 18.5 Å². The predicted molar refractivity (Wildman–Crippen MR) is 77.9 cm³/mol. The molecule has 0 radical (unpaired) electrons. The highest BCUT2D eigenvalue weighted by Crippen LogP contribution is 2.15. The molecule has 106 valence electrons. The molecule has 0 aliphatic rings. The van der Waals surface area contributed by atoms with Gasteiger partial charge in [-0.25, -0.2) is 0 Å². The molecule has 0 bridgehead atoms. The maximum Gasteiger partial charge on any atom is 0.277 e. The first-order chi connectivity index (χ1) is 9.63. The fraction of sp³-hybridized carbons (Fsp3) is 0.308. The second-order valence-corrected chi connectivity index (χ2v) is 5.47. The lowest BCUT2D eigenvalue weighted by Crippen LogP contribution is -2.27. The second-order valence-electron chi connectivity index (χ2n) is 4.11. The van der Waals surface area contributed by atoms with Gasteiger partial charge in [-0.1, -0.05) is 35.5 Å². The minimum absolute atomic E-state index is 0.0621. The van der Waals surface area contributed by atoms with E-state index < -0.39 is 0 Å². The molecule has 0 spiro atoms. The molecule has 0 saturated heterocycles. The summed E-state index contributed by atoms with van der Waals surface area (Å²) >= 11 is 7.12. The van der Waals surface area contributed by atoms with Crippen molar-refractivity contribution in [3.63, 3.8) is 0 Å². The topological polar surface area (TPSA) is 68.0 Å². The fourth-order valence-electron chi connectivity index (χ4n) is 1.55. The monoisotopic (exact) mass is 311 g/mol. The molecule has 0 unspecified atom stereocenters. The van der Waals surface area contributed by atoms with Gasteiger partial charge in [0.05, 0.1) is 5.75 Å². The number of aryl methyl sites for hydroxylation is 1. The number of nitrogens with one attached hydrogen (secondary N) is 1. The number of thioether (sulfide) groups is 1. The number of carbonyl (C=O) groups is 1. The van der Waals surface area contributed by atoms with Crippen LogP contribution in [0, 0.1) is 6.92 Å². The van der Waals surface area contributed by atoms with Gasteiger partial charge in [0.2, 0.25) is 11.8 Å². The molecule has 0 aliphatic carbocycles. The Kier molecular flexibility index (Phi) is 5.43. The molecule has 0 atom stereocenters. The Morgan fingerprint density at radius 2 is 2.30 bits per heavy atom. The third-order valence-electron chi connectivity index (χ3n) is 2.46. The first-order valence-corrected chi connectivity index (χ1v) is 7.44. The Labute approximate surface area is 126 Å². The number of halogens is 1. The van der Waals surface area contributed by atoms with Crippen molar-refractivity contribution in [3.05, 3.63) is 40.7 Å². The van der Waals surface area contributed by atoms with E-state index in [1.165, 1.54) is 11.8 Å². The predicted octanol–water partition coefficient (Wildman–Crippen LogP) is 2.48. The van der Waals surface area contributed by atoms with Gasteiger partial charge >= 0.3 is 0 Å². The van der Waals surface area contributed by atoms with Crippen molar-refractivity contribution in [2.45, 2.75) is 18.6 Å². The van der Waals surface area contributed by atoms with Gasteiger partial charge < -0.3 is 9.73 Å². The van der Waals surface area contributed by atoms with Gasteiger partial charge in [0.15, 0.2) is 0 Å². The zero-order valence-corrected chi connectivity index (χ0v) is 12.5. The van der Waals surface area contributed by atoms with Crippen LogP contribution in [-0.4, -0.2) is 28.4 Å². The van der Waals surface area contributed by atoms with Gasteiger partial charge in [-0.05, 0) is 24.1 Å². The van der Waals surface area contributed by atoms with Crippen molar-refractivity contribution < 1.29 is 9.21 Å². The van der Waals surface area contributed by atoms with Crippen molar-refractivity contribution >= 4 is 29.3 Å². The summed E-state index contributed by atoms with van der Waals surface area (Å²) in [6.07, 6.45) is 0.747. The molecule has 1 N–H and O–H groups in total. The van der Waals surface area contributed by atoms with E-state index in [1.807, 2.05) is 24.3 Å². The van der Waals surface area contributed by atoms with E-state index in [0.717, 1.165) is 12.0 Å². The van der Waals surface area contributed by atoms with E-state index in [2.05, 4.69) is 15.5 Å². The smallest absolute Gasteiger partial charge is 0.277 e. The quantitative estimate of drug-likeness (QED) is 0.830. The highest BCUT2D eigenvalue weighted by molar-refractivity contribution is 7.99. The summed E-state index contributed by atoms with van der Waals surface area (Å²) in [4.78, 5) is 11.6. The van der Waals surface area contributed by atoms with Crippen LogP contribution in [0.2, 0.25) is 5.02 Å². The molecule has 2 rings (SSSR count). The maximum absolute atomic E-state index is 11.6. The first kappa shape index (κ1) is 14.9. The molecule has 1 amide bonds. The number of amides is 1. The Morgan fingerprint density at radius 1 is 1.45 bits per heavy atom. The lowest BCUT2D eigenvalue weighted by molar-refractivity contribution is -0.118. The summed E-state index contributed by atoms with van der Waals surface area (Å²) in [6.45, 7) is 2.28. The van der Waals surface area contributed by atoms with E-state index in [4.69, 9.17) is 16.0 Å². The van der Waals surface area contributed by atoms with Crippen LogP contribution in [0.4, 0.5) is 0 Å². The molecule has 2 aromatic rings. The van der Waals surface area contributed by atoms with Crippen molar-refractivity contribution in [3.8, 4) is 0 Å². The van der Waals surface area contributed by atoms with E-state index in [9.17, 15) is 4.79 Å². The van der Waals surface area contributed by atoms with Crippen LogP contribution >= 0.6 is 23.4 Å². The molecule has 0 fully saturated rings. The zero-order chi connectivity index (χ0) is 14.4. The van der Waals surface area contributed by atoms with Crippen LogP contribution in [0.5, 0.6) is 0 Å². The maximum atomic E-state index is 11.6. The lowest BCUT2D eigenvalue weighted by atomic mass is 10.1. The van der Waals surface area contributed by atoms with Crippen LogP contribution in [0.1, 0.15) is 11.5 Å². The number of nitrogens with zero attached hydrogens (tertiary/aromatic N) is 2. The molecule has 0 saturated carbocycles. The average molecular weight is 312 g/mol. The second kappa shape index (κ2) is 7.31. The SMILES string of the molecule is Cc1nnc(SCC(=O)NCCc2cccc(Cl)c2)o1. The minimum atomic E-state index is -0.0621. The Balaban J connectivity index is 1.67. The number of carbonyl (C=O) groups excluding carboxylic acids is 1. The number of hydrogen-bond acceptors (Lipinski definition) is 5. The average Bonchev–Trinajstić information content (AvgIpc) is 2.82. The normalized spacial score (nSPS) is 10.5. The lowest BCUT2D eigenvalue weighted by Gasteiger charge is -2.04. The van der Waals surface area contributed by atoms with Crippen molar-refractivity contribution in [2.24, 2.45) is 0 Å². The summed E-state index contributed by atoms with van der Waals surface area (Å²) < 4.78 is 5.17. The van der Waals surface area contributed by atoms with Crippen LogP contribution in [0.15, 0.2) is 33.9 Å². The number of benzene rings is 1. The van der Waals surface area contributed by atoms with Crippen LogP contribution in [0.3, 0.4) is 0 Å². The van der Waals surface area contributed by atoms with Gasteiger partial charge in [-0.15, -0.1) is 10.2 Å². The van der Waals surface area contributed by atoms with Gasteiger partial charge in [-0.3, -0.25) is 4.79 Å². The molecule has 1 aromatic carbocycles. The first-order valence-electron chi connectivity index (χ1n) is 6.07. The summed E-state index contributed by atoms with van der Waals surface area (Å²) in [7, 11) is 0. The van der Waals surface area contributed by atoms with Crippen molar-refractivity contribution in [2.75, 3.05) is 12.3 Å². The molecule has 1 aromatic heterocycles. The molecule has 0 aliphatic heterocycles. The van der Waals surface area contributed by atoms with E-state index in [-0.39, 0.29) is 11.7 Å². The third-order valence-corrected chi connectivity index (χ3v) is 3.51. The number of aromatic nitrogens is 2. The van der Waals surface area contributed by atoms with Crippen LogP contribution in [-0.2, 0) is 11.2 Å². The van der Waals surface area contributed by atoms with Crippen LogP contribution < -0.4 is 5.32 Å². The van der Waals surface area contributed by atoms with Crippen molar-refractivity contribution in [1.82, 2.24) is 15.5 Å². The molecule has 1 heterocycles. The van der Waals surface area contributed by atoms with E-state index in [1.54, 1.807) is 6.92 Å². The summed E-state index contributed by atoms with van der Waals surface area (Å²) in [5, 5.41) is 11.4. The molecule has 7 heteroatoms. The van der Waals surface area contributed by atoms with Gasteiger partial charge in [0.1, 0.15) is 0 Å².